The molecule has 1 aromatic heterocycles. The number of carbonyl (C=O) groups is 1. The number of aryl methyl sites for hydroxylation is 1. The van der Waals surface area contributed by atoms with E-state index in [4.69, 9.17) is 9.26 Å². The van der Waals surface area contributed by atoms with Crippen LogP contribution in [0.4, 0.5) is 0 Å². The molecule has 0 aliphatic rings. The van der Waals surface area contributed by atoms with Gasteiger partial charge >= 0.3 is 0 Å². The molecule has 0 bridgehead atoms. The van der Waals surface area contributed by atoms with Gasteiger partial charge in [0.15, 0.2) is 17.6 Å². The van der Waals surface area contributed by atoms with Crippen molar-refractivity contribution in [3.05, 3.63) is 47.3 Å². The van der Waals surface area contributed by atoms with Crippen molar-refractivity contribution in [1.29, 1.82) is 0 Å². The minimum atomic E-state index is -0.285. The Labute approximate surface area is 106 Å². The third-order valence-corrected chi connectivity index (χ3v) is 2.62. The van der Waals surface area contributed by atoms with Crippen LogP contribution >= 0.6 is 0 Å². The van der Waals surface area contributed by atoms with Crippen molar-refractivity contribution in [3.8, 4) is 5.75 Å². The number of ketones is 1. The summed E-state index contributed by atoms with van der Waals surface area (Å²) in [7, 11) is 0. The number of carbonyl (C=O) groups excluding carboxylic acids is 1. The Bertz CT molecular complexity index is 560. The standard InChI is InChI=1S/C14H15NO3/c1-9-8-14(18-15-9)11(3)17-13-7-5-4-6-12(13)10(2)16/h4-8,11H,1-3H3. The summed E-state index contributed by atoms with van der Waals surface area (Å²) in [4.78, 5) is 11.5. The van der Waals surface area contributed by atoms with Gasteiger partial charge in [-0.15, -0.1) is 0 Å². The largest absolute Gasteiger partial charge is 0.482 e. The summed E-state index contributed by atoms with van der Waals surface area (Å²) >= 11 is 0. The minimum Gasteiger partial charge on any atom is -0.482 e. The van der Waals surface area contributed by atoms with Gasteiger partial charge < -0.3 is 9.26 Å². The molecule has 4 heteroatoms. The van der Waals surface area contributed by atoms with E-state index in [1.807, 2.05) is 32.0 Å². The van der Waals surface area contributed by atoms with Gasteiger partial charge in [0.2, 0.25) is 0 Å². The first-order valence-electron chi connectivity index (χ1n) is 5.77. The van der Waals surface area contributed by atoms with Crippen LogP contribution in [0.2, 0.25) is 0 Å². The molecule has 0 saturated carbocycles. The molecule has 2 aromatic rings. The lowest BCUT2D eigenvalue weighted by atomic mass is 10.1. The molecule has 0 spiro atoms. The minimum absolute atomic E-state index is 0.0217. The summed E-state index contributed by atoms with van der Waals surface area (Å²) in [5, 5.41) is 3.81. The van der Waals surface area contributed by atoms with E-state index in [1.54, 1.807) is 12.1 Å². The van der Waals surface area contributed by atoms with Crippen molar-refractivity contribution >= 4 is 5.78 Å². The van der Waals surface area contributed by atoms with Gasteiger partial charge in [-0.2, -0.15) is 0 Å². The fourth-order valence-corrected chi connectivity index (χ4v) is 1.68. The Morgan fingerprint density at radius 2 is 2.11 bits per heavy atom. The summed E-state index contributed by atoms with van der Waals surface area (Å²) in [6.07, 6.45) is -0.285. The molecular weight excluding hydrogens is 230 g/mol. The monoisotopic (exact) mass is 245 g/mol. The maximum absolute atomic E-state index is 11.5. The van der Waals surface area contributed by atoms with Gasteiger partial charge in [-0.1, -0.05) is 17.3 Å². The molecule has 0 saturated heterocycles. The number of Topliss-reactive ketones (excluding diaryl/α,β-unsaturated/α-hetero) is 1. The van der Waals surface area contributed by atoms with Gasteiger partial charge in [0.05, 0.1) is 11.3 Å². The lowest BCUT2D eigenvalue weighted by molar-refractivity contribution is 0.100. The molecule has 0 aliphatic carbocycles. The second-order valence-corrected chi connectivity index (χ2v) is 4.18. The lowest BCUT2D eigenvalue weighted by Crippen LogP contribution is -2.05. The van der Waals surface area contributed by atoms with Crippen LogP contribution in [0.25, 0.3) is 0 Å². The fraction of sp³-hybridized carbons (Fsp3) is 0.286. The molecule has 1 heterocycles. The summed E-state index contributed by atoms with van der Waals surface area (Å²) < 4.78 is 10.9. The number of hydrogen-bond acceptors (Lipinski definition) is 4. The van der Waals surface area contributed by atoms with Gasteiger partial charge in [-0.25, -0.2) is 0 Å². The molecule has 0 radical (unpaired) electrons. The van der Waals surface area contributed by atoms with Crippen molar-refractivity contribution in [2.45, 2.75) is 26.9 Å². The molecule has 2 rings (SSSR count). The normalized spacial score (nSPS) is 12.2. The second kappa shape index (κ2) is 5.04. The van der Waals surface area contributed by atoms with Crippen molar-refractivity contribution in [2.75, 3.05) is 0 Å². The van der Waals surface area contributed by atoms with Crippen LogP contribution in [-0.2, 0) is 0 Å². The Morgan fingerprint density at radius 1 is 1.39 bits per heavy atom. The molecule has 18 heavy (non-hydrogen) atoms. The molecule has 1 atom stereocenters. The predicted octanol–water partition coefficient (Wildman–Crippen LogP) is 3.33. The third kappa shape index (κ3) is 2.59. The van der Waals surface area contributed by atoms with E-state index in [-0.39, 0.29) is 11.9 Å². The molecule has 0 amide bonds. The number of aromatic nitrogens is 1. The van der Waals surface area contributed by atoms with Crippen molar-refractivity contribution < 1.29 is 14.1 Å². The summed E-state index contributed by atoms with van der Waals surface area (Å²) in [5.41, 5.74) is 1.38. The van der Waals surface area contributed by atoms with Crippen LogP contribution in [0, 0.1) is 6.92 Å². The molecule has 4 nitrogen and oxygen atoms in total. The molecule has 0 aliphatic heterocycles. The average molecular weight is 245 g/mol. The number of nitrogens with zero attached hydrogens (tertiary/aromatic N) is 1. The smallest absolute Gasteiger partial charge is 0.177 e. The maximum Gasteiger partial charge on any atom is 0.177 e. The average Bonchev–Trinajstić information content (AvgIpc) is 2.76. The van der Waals surface area contributed by atoms with Crippen LogP contribution in [0.3, 0.4) is 0 Å². The first-order valence-corrected chi connectivity index (χ1v) is 5.77. The van der Waals surface area contributed by atoms with Crippen molar-refractivity contribution in [2.24, 2.45) is 0 Å². The molecule has 1 unspecified atom stereocenters. The highest BCUT2D eigenvalue weighted by molar-refractivity contribution is 5.96. The van der Waals surface area contributed by atoms with E-state index in [0.29, 0.717) is 17.1 Å². The molecule has 0 fully saturated rings. The van der Waals surface area contributed by atoms with Crippen LogP contribution in [0.1, 0.15) is 41.8 Å². The SMILES string of the molecule is CC(=O)c1ccccc1OC(C)c1cc(C)no1. The second-order valence-electron chi connectivity index (χ2n) is 4.18. The Kier molecular flexibility index (Phi) is 3.46. The Morgan fingerprint density at radius 3 is 2.72 bits per heavy atom. The van der Waals surface area contributed by atoms with Gasteiger partial charge in [-0.05, 0) is 32.9 Å². The summed E-state index contributed by atoms with van der Waals surface area (Å²) in [6.45, 7) is 5.23. The van der Waals surface area contributed by atoms with E-state index in [0.717, 1.165) is 5.69 Å². The van der Waals surface area contributed by atoms with E-state index in [9.17, 15) is 4.79 Å². The fourth-order valence-electron chi connectivity index (χ4n) is 1.68. The number of para-hydroxylation sites is 1. The van der Waals surface area contributed by atoms with E-state index in [1.165, 1.54) is 6.92 Å². The van der Waals surface area contributed by atoms with Crippen LogP contribution in [-0.4, -0.2) is 10.9 Å². The number of benzene rings is 1. The zero-order valence-corrected chi connectivity index (χ0v) is 10.6. The Hall–Kier alpha value is -2.10. The third-order valence-electron chi connectivity index (χ3n) is 2.62. The molecular formula is C14H15NO3. The van der Waals surface area contributed by atoms with E-state index in [2.05, 4.69) is 5.16 Å². The van der Waals surface area contributed by atoms with E-state index >= 15 is 0 Å². The Balaban J connectivity index is 2.21. The first-order chi connectivity index (χ1) is 8.58. The number of rotatable bonds is 4. The predicted molar refractivity (Wildman–Crippen MR) is 66.7 cm³/mol. The van der Waals surface area contributed by atoms with Crippen molar-refractivity contribution in [1.82, 2.24) is 5.16 Å². The van der Waals surface area contributed by atoms with Crippen LogP contribution in [0.5, 0.6) is 5.75 Å². The lowest BCUT2D eigenvalue weighted by Gasteiger charge is -2.13. The summed E-state index contributed by atoms with van der Waals surface area (Å²) in [6, 6.07) is 8.99. The first kappa shape index (κ1) is 12.4. The quantitative estimate of drug-likeness (QED) is 0.775. The summed E-state index contributed by atoms with van der Waals surface area (Å²) in [5.74, 6) is 1.18. The highest BCUT2D eigenvalue weighted by Gasteiger charge is 2.15. The van der Waals surface area contributed by atoms with Crippen molar-refractivity contribution in [3.63, 3.8) is 0 Å². The zero-order chi connectivity index (χ0) is 13.1. The van der Waals surface area contributed by atoms with Gasteiger partial charge in [0.1, 0.15) is 5.75 Å². The topological polar surface area (TPSA) is 52.3 Å². The van der Waals surface area contributed by atoms with Crippen LogP contribution in [0.15, 0.2) is 34.9 Å². The maximum atomic E-state index is 11.5. The van der Waals surface area contributed by atoms with E-state index < -0.39 is 0 Å². The zero-order valence-electron chi connectivity index (χ0n) is 10.6. The van der Waals surface area contributed by atoms with Gasteiger partial charge in [-0.3, -0.25) is 4.79 Å². The molecule has 1 aromatic carbocycles. The van der Waals surface area contributed by atoms with Gasteiger partial charge in [0, 0.05) is 6.07 Å². The molecule has 0 N–H and O–H groups in total. The highest BCUT2D eigenvalue weighted by atomic mass is 16.5. The number of hydrogen-bond donors (Lipinski definition) is 0. The number of ether oxygens (including phenoxy) is 1. The van der Waals surface area contributed by atoms with Crippen LogP contribution < -0.4 is 4.74 Å². The molecule has 94 valence electrons. The van der Waals surface area contributed by atoms with Gasteiger partial charge in [0.25, 0.3) is 0 Å². The highest BCUT2D eigenvalue weighted by Crippen LogP contribution is 2.25.